The Morgan fingerprint density at radius 1 is 0.896 bits per heavy atom. The fraction of sp³-hybridized carbons (Fsp3) is 0.360. The molecule has 6 aromatic rings. The van der Waals surface area contributed by atoms with Crippen molar-refractivity contribution in [2.75, 3.05) is 68.5 Å². The van der Waals surface area contributed by atoms with E-state index in [1.165, 1.54) is 48.1 Å². The number of carbonyl (C=O) groups excluding carboxylic acids is 3. The molecule has 0 saturated carbocycles. The fourth-order valence-electron chi connectivity index (χ4n) is 10.5. The number of epoxide rings is 1. The number of imide groups is 1. The van der Waals surface area contributed by atoms with Crippen molar-refractivity contribution in [3.05, 3.63) is 125 Å². The van der Waals surface area contributed by atoms with Crippen LogP contribution in [0.3, 0.4) is 0 Å². The zero-order valence-corrected chi connectivity index (χ0v) is 37.3. The van der Waals surface area contributed by atoms with E-state index in [-0.39, 0.29) is 36.0 Å². The molecule has 4 saturated heterocycles. The molecule has 4 aromatic carbocycles. The number of amides is 3. The number of rotatable bonds is 11. The second kappa shape index (κ2) is 17.4. The predicted octanol–water partition coefficient (Wildman–Crippen LogP) is 5.12. The topological polar surface area (TPSA) is 180 Å². The van der Waals surface area contributed by atoms with Crippen molar-refractivity contribution in [2.45, 2.75) is 63.1 Å². The van der Waals surface area contributed by atoms with Crippen molar-refractivity contribution in [2.24, 2.45) is 0 Å². The normalized spacial score (nSPS) is 21.2. The van der Waals surface area contributed by atoms with Gasteiger partial charge in [-0.15, -0.1) is 0 Å². The summed E-state index contributed by atoms with van der Waals surface area (Å²) in [6.07, 6.45) is 4.14. The summed E-state index contributed by atoms with van der Waals surface area (Å²) in [6, 6.07) is 27.0. The number of nitrogens with one attached hydrogen (secondary N) is 2. The maximum atomic E-state index is 13.9. The lowest BCUT2D eigenvalue weighted by Crippen LogP contribution is -2.53. The van der Waals surface area contributed by atoms with E-state index in [1.807, 2.05) is 28.9 Å². The summed E-state index contributed by atoms with van der Waals surface area (Å²) >= 11 is 0. The van der Waals surface area contributed by atoms with Gasteiger partial charge in [-0.25, -0.2) is 19.0 Å². The number of piperidine rings is 2. The molecule has 2 atom stereocenters. The monoisotopic (exact) mass is 905 g/mol. The minimum atomic E-state index is -0.541. The predicted molar refractivity (Wildman–Crippen MR) is 249 cm³/mol. The van der Waals surface area contributed by atoms with Crippen LogP contribution >= 0.6 is 0 Å². The maximum absolute atomic E-state index is 13.9. The minimum Gasteiger partial charge on any atom is -0.496 e. The van der Waals surface area contributed by atoms with E-state index in [1.54, 1.807) is 0 Å². The third-order valence-corrected chi connectivity index (χ3v) is 14.2. The summed E-state index contributed by atoms with van der Waals surface area (Å²) in [5.74, 6) is -0.696. The number of fused-ring (bicyclic) bond motifs is 3. The molecule has 1 unspecified atom stereocenters. The Morgan fingerprint density at radius 3 is 2.36 bits per heavy atom. The number of hydrogen-bond donors (Lipinski definition) is 3. The van der Waals surface area contributed by atoms with E-state index >= 15 is 0 Å². The van der Waals surface area contributed by atoms with E-state index in [4.69, 9.17) is 20.3 Å². The minimum absolute atomic E-state index is 0.127. The van der Waals surface area contributed by atoms with Crippen LogP contribution in [-0.4, -0.2) is 106 Å². The average molecular weight is 906 g/mol. The summed E-state index contributed by atoms with van der Waals surface area (Å²) < 4.78 is 27.1. The number of ether oxygens (including phenoxy) is 2. The highest BCUT2D eigenvalue weighted by Gasteiger charge is 2.60. The number of aromatic nitrogens is 4. The van der Waals surface area contributed by atoms with E-state index in [2.05, 4.69) is 82.7 Å². The highest BCUT2D eigenvalue weighted by atomic mass is 19.1. The first-order valence-electron chi connectivity index (χ1n) is 23.0. The lowest BCUT2D eigenvalue weighted by Gasteiger charge is -2.36. The number of nitrogens with two attached hydrogens (primary N) is 1. The van der Waals surface area contributed by atoms with Crippen LogP contribution < -0.4 is 30.9 Å². The third-order valence-electron chi connectivity index (χ3n) is 14.2. The van der Waals surface area contributed by atoms with Gasteiger partial charge in [0.2, 0.25) is 11.8 Å². The molecule has 0 radical (unpaired) electrons. The van der Waals surface area contributed by atoms with Crippen LogP contribution in [0.15, 0.2) is 91.3 Å². The Morgan fingerprint density at radius 2 is 1.63 bits per heavy atom. The zero-order chi connectivity index (χ0) is 45.8. The fourth-order valence-corrected chi connectivity index (χ4v) is 10.5. The number of carbonyl (C=O) groups is 3. The molecule has 5 aliphatic heterocycles. The lowest BCUT2D eigenvalue weighted by atomic mass is 10.0. The Bertz CT molecular complexity index is 2870. The number of hydrogen-bond acceptors (Lipinski definition) is 13. The smallest absolute Gasteiger partial charge is 0.255 e. The number of methoxy groups -OCH3 is 1. The molecule has 67 heavy (non-hydrogen) atoms. The van der Waals surface area contributed by atoms with Gasteiger partial charge >= 0.3 is 0 Å². The SMILES string of the molecule is COc1ccc(F)cc1C(=O)NCc1ccc(-c2nn(C3CCN(c4ccc(CN5CCN(c6ccc7c(c6)CN([C@H]6CCC(=O)NC6=O)C76CO6)CC5)cc4)CC3)c3ncnc(N)c23)cc1. The molecule has 4 fully saturated rings. The van der Waals surface area contributed by atoms with Gasteiger partial charge in [0.15, 0.2) is 11.4 Å². The van der Waals surface area contributed by atoms with Crippen LogP contribution in [0, 0.1) is 5.82 Å². The van der Waals surface area contributed by atoms with Gasteiger partial charge in [0.25, 0.3) is 5.91 Å². The van der Waals surface area contributed by atoms with Gasteiger partial charge in [0, 0.05) is 87.8 Å². The highest BCUT2D eigenvalue weighted by molar-refractivity contribution is 6.00. The number of halogens is 1. The number of benzene rings is 4. The van der Waals surface area contributed by atoms with Crippen LogP contribution in [0.1, 0.15) is 64.3 Å². The van der Waals surface area contributed by atoms with Crippen LogP contribution in [-0.2, 0) is 39.7 Å². The molecule has 16 nitrogen and oxygen atoms in total. The van der Waals surface area contributed by atoms with Gasteiger partial charge in [-0.3, -0.25) is 29.5 Å². The number of nitrogen functional groups attached to an aromatic ring is 1. The van der Waals surface area contributed by atoms with E-state index in [9.17, 15) is 18.8 Å². The van der Waals surface area contributed by atoms with Gasteiger partial charge < -0.3 is 30.3 Å². The first kappa shape index (κ1) is 42.7. The van der Waals surface area contributed by atoms with Crippen LogP contribution in [0.25, 0.3) is 22.3 Å². The van der Waals surface area contributed by atoms with Crippen LogP contribution in [0.5, 0.6) is 5.75 Å². The lowest BCUT2D eigenvalue weighted by molar-refractivity contribution is -0.140. The standard InChI is InChI=1S/C50H52FN11O5/c1-66-42-14-8-35(51)25-39(42)48(64)53-26-31-2-6-33(7-3-31)45-44-46(52)54-30-55-47(44)62(57-45)37-16-18-59(19-17-37)36-9-4-32(5-10-36)27-58-20-22-60(23-21-58)38-11-12-40-34(24-38)28-61(50(40)29-67-50)41-13-15-43(63)56-49(41)65/h2-12,14,24-25,30,37,41H,13,15-23,26-29H2,1H3,(H,53,64)(H2,52,54,55)(H,56,63,65)/t41-,50?/m0/s1. The number of nitrogens with zero attached hydrogens (tertiary/aromatic N) is 8. The Balaban J connectivity index is 0.682. The molecule has 0 aliphatic carbocycles. The van der Waals surface area contributed by atoms with Gasteiger partial charge in [0.05, 0.1) is 36.8 Å². The maximum Gasteiger partial charge on any atom is 0.255 e. The summed E-state index contributed by atoms with van der Waals surface area (Å²) in [5, 5.41) is 11.2. The Kier molecular flexibility index (Phi) is 11.1. The summed E-state index contributed by atoms with van der Waals surface area (Å²) in [4.78, 5) is 55.9. The van der Waals surface area contributed by atoms with Gasteiger partial charge in [-0.2, -0.15) is 5.10 Å². The molecule has 0 bridgehead atoms. The third kappa shape index (κ3) is 8.10. The zero-order valence-electron chi connectivity index (χ0n) is 37.3. The average Bonchev–Trinajstić information content (AvgIpc) is 3.96. The van der Waals surface area contributed by atoms with Crippen molar-refractivity contribution in [1.82, 2.24) is 40.2 Å². The summed E-state index contributed by atoms with van der Waals surface area (Å²) in [5.41, 5.74) is 15.2. The van der Waals surface area contributed by atoms with Gasteiger partial charge in [-0.05, 0) is 78.4 Å². The molecule has 11 rings (SSSR count). The number of piperazine rings is 1. The quantitative estimate of drug-likeness (QED) is 0.115. The van der Waals surface area contributed by atoms with Crippen molar-refractivity contribution < 1.29 is 28.2 Å². The molecule has 5 aliphatic rings. The van der Waals surface area contributed by atoms with Crippen LogP contribution in [0.2, 0.25) is 0 Å². The molecule has 344 valence electrons. The molecular weight excluding hydrogens is 854 g/mol. The Hall–Kier alpha value is -6.95. The van der Waals surface area contributed by atoms with E-state index < -0.39 is 17.4 Å². The second-order valence-corrected chi connectivity index (χ2v) is 18.1. The van der Waals surface area contributed by atoms with Crippen molar-refractivity contribution in [3.8, 4) is 17.0 Å². The largest absolute Gasteiger partial charge is 0.496 e. The first-order valence-corrected chi connectivity index (χ1v) is 23.0. The first-order chi connectivity index (χ1) is 32.6. The molecular formula is C50H52FN11O5. The number of anilines is 3. The van der Waals surface area contributed by atoms with Crippen LogP contribution in [0.4, 0.5) is 21.6 Å². The van der Waals surface area contributed by atoms with Crippen molar-refractivity contribution in [1.29, 1.82) is 0 Å². The molecule has 4 N–H and O–H groups in total. The van der Waals surface area contributed by atoms with Gasteiger partial charge in [0.1, 0.15) is 29.4 Å². The highest BCUT2D eigenvalue weighted by Crippen LogP contribution is 2.52. The molecule has 2 aromatic heterocycles. The molecule has 1 spiro atoms. The molecule has 17 heteroatoms. The van der Waals surface area contributed by atoms with E-state index in [0.29, 0.717) is 54.3 Å². The summed E-state index contributed by atoms with van der Waals surface area (Å²) in [6.45, 7) is 7.87. The summed E-state index contributed by atoms with van der Waals surface area (Å²) in [7, 11) is 1.44. The molecule has 3 amide bonds. The van der Waals surface area contributed by atoms with E-state index in [0.717, 1.165) is 81.4 Å². The Labute approximate surface area is 386 Å². The second-order valence-electron chi connectivity index (χ2n) is 18.1. The van der Waals surface area contributed by atoms with Gasteiger partial charge in [-0.1, -0.05) is 42.5 Å². The van der Waals surface area contributed by atoms with Crippen molar-refractivity contribution >= 4 is 45.9 Å². The van der Waals surface area contributed by atoms with Crippen molar-refractivity contribution in [3.63, 3.8) is 0 Å². The molecule has 7 heterocycles.